The van der Waals surface area contributed by atoms with Gasteiger partial charge in [0, 0.05) is 24.5 Å². The molecule has 1 aliphatic rings. The Morgan fingerprint density at radius 1 is 1.50 bits per heavy atom. The molecule has 2 rings (SSSR count). The Bertz CT molecular complexity index is 428. The van der Waals surface area contributed by atoms with Gasteiger partial charge in [0.15, 0.2) is 5.78 Å². The quantitative estimate of drug-likeness (QED) is 0.564. The van der Waals surface area contributed by atoms with Crippen LogP contribution in [0.25, 0.3) is 0 Å². The lowest BCUT2D eigenvalue weighted by molar-refractivity contribution is -0.127. The van der Waals surface area contributed by atoms with Gasteiger partial charge in [-0.15, -0.1) is 0 Å². The Hall–Kier alpha value is -1.97. The number of nitrogens with zero attached hydrogens (tertiary/aromatic N) is 2. The summed E-state index contributed by atoms with van der Waals surface area (Å²) in [7, 11) is 0. The highest BCUT2D eigenvalue weighted by atomic mass is 16.2. The Kier molecular flexibility index (Phi) is 2.81. The van der Waals surface area contributed by atoms with Gasteiger partial charge in [0.1, 0.15) is 5.92 Å². The lowest BCUT2D eigenvalue weighted by atomic mass is 9.97. The maximum absolute atomic E-state index is 12.0. The Labute approximate surface area is 93.6 Å². The van der Waals surface area contributed by atoms with E-state index in [1.54, 1.807) is 24.5 Å². The lowest BCUT2D eigenvalue weighted by Gasteiger charge is -2.09. The monoisotopic (exact) mass is 216 g/mol. The maximum Gasteiger partial charge on any atom is 0.237 e. The average Bonchev–Trinajstić information content (AvgIpc) is 2.70. The predicted octanol–water partition coefficient (Wildman–Crippen LogP) is 1.26. The summed E-state index contributed by atoms with van der Waals surface area (Å²) in [4.78, 5) is 29.1. The molecule has 1 aromatic heterocycles. The minimum Gasteiger partial charge on any atom is -0.319 e. The molecular weight excluding hydrogens is 204 g/mol. The minimum atomic E-state index is -0.555. The van der Waals surface area contributed by atoms with Gasteiger partial charge in [-0.1, -0.05) is 6.58 Å². The number of ketones is 1. The van der Waals surface area contributed by atoms with Crippen molar-refractivity contribution in [2.45, 2.75) is 6.42 Å². The van der Waals surface area contributed by atoms with Crippen molar-refractivity contribution in [3.8, 4) is 0 Å². The molecule has 0 radical (unpaired) electrons. The van der Waals surface area contributed by atoms with Gasteiger partial charge in [-0.05, 0) is 24.8 Å². The molecule has 0 saturated carbocycles. The van der Waals surface area contributed by atoms with Crippen molar-refractivity contribution in [3.05, 3.63) is 42.9 Å². The van der Waals surface area contributed by atoms with Crippen LogP contribution >= 0.6 is 0 Å². The van der Waals surface area contributed by atoms with Crippen LogP contribution in [0.3, 0.4) is 0 Å². The van der Waals surface area contributed by atoms with Gasteiger partial charge in [0.25, 0.3) is 0 Å². The average molecular weight is 216 g/mol. The second kappa shape index (κ2) is 4.26. The van der Waals surface area contributed by atoms with Crippen molar-refractivity contribution >= 4 is 11.7 Å². The highest BCUT2D eigenvalue weighted by molar-refractivity contribution is 6.11. The zero-order valence-corrected chi connectivity index (χ0v) is 8.80. The number of rotatable bonds is 3. The number of amides is 1. The molecule has 0 spiro atoms. The molecule has 82 valence electrons. The topological polar surface area (TPSA) is 50.3 Å². The largest absolute Gasteiger partial charge is 0.319 e. The molecule has 1 aromatic rings. The maximum atomic E-state index is 12.0. The van der Waals surface area contributed by atoms with Crippen LogP contribution in [0.4, 0.5) is 0 Å². The molecule has 2 heterocycles. The third kappa shape index (κ3) is 1.74. The van der Waals surface area contributed by atoms with Gasteiger partial charge in [-0.25, -0.2) is 0 Å². The van der Waals surface area contributed by atoms with Crippen molar-refractivity contribution in [2.24, 2.45) is 5.92 Å². The number of pyridine rings is 1. The molecule has 4 heteroatoms. The van der Waals surface area contributed by atoms with Crippen molar-refractivity contribution in [2.75, 3.05) is 6.54 Å². The third-order valence-corrected chi connectivity index (χ3v) is 2.74. The summed E-state index contributed by atoms with van der Waals surface area (Å²) in [5, 5.41) is 0. The normalized spacial score (nSPS) is 19.9. The molecule has 1 fully saturated rings. The predicted molar refractivity (Wildman–Crippen MR) is 58.6 cm³/mol. The van der Waals surface area contributed by atoms with E-state index in [9.17, 15) is 9.59 Å². The van der Waals surface area contributed by atoms with E-state index in [4.69, 9.17) is 0 Å². The van der Waals surface area contributed by atoms with Crippen LogP contribution in [0, 0.1) is 5.92 Å². The van der Waals surface area contributed by atoms with Crippen molar-refractivity contribution in [1.29, 1.82) is 0 Å². The Morgan fingerprint density at radius 2 is 2.19 bits per heavy atom. The van der Waals surface area contributed by atoms with E-state index in [1.165, 1.54) is 11.1 Å². The molecule has 1 aliphatic heterocycles. The number of hydrogen-bond acceptors (Lipinski definition) is 3. The summed E-state index contributed by atoms with van der Waals surface area (Å²) >= 11 is 0. The first-order valence-electron chi connectivity index (χ1n) is 5.11. The van der Waals surface area contributed by atoms with E-state index in [0.717, 1.165) is 0 Å². The zero-order valence-electron chi connectivity index (χ0n) is 8.80. The molecule has 0 aromatic carbocycles. The molecular formula is C12H12N2O2. The van der Waals surface area contributed by atoms with Crippen LogP contribution in [-0.2, 0) is 4.79 Å². The summed E-state index contributed by atoms with van der Waals surface area (Å²) in [6.45, 7) is 4.12. The molecule has 0 aliphatic carbocycles. The van der Waals surface area contributed by atoms with Crippen LogP contribution in [0.1, 0.15) is 16.8 Å². The number of aromatic nitrogens is 1. The number of carbonyl (C=O) groups is 2. The first kappa shape index (κ1) is 10.5. The second-order valence-electron chi connectivity index (χ2n) is 3.66. The fraction of sp³-hybridized carbons (Fsp3) is 0.250. The number of carbonyl (C=O) groups excluding carboxylic acids is 2. The van der Waals surface area contributed by atoms with Gasteiger partial charge < -0.3 is 4.90 Å². The highest BCUT2D eigenvalue weighted by Crippen LogP contribution is 2.22. The van der Waals surface area contributed by atoms with E-state index in [1.807, 2.05) is 0 Å². The van der Waals surface area contributed by atoms with Crippen LogP contribution in [0.5, 0.6) is 0 Å². The zero-order chi connectivity index (χ0) is 11.5. The summed E-state index contributed by atoms with van der Waals surface area (Å²) in [6, 6.07) is 3.26. The van der Waals surface area contributed by atoms with Crippen molar-refractivity contribution in [3.63, 3.8) is 0 Å². The van der Waals surface area contributed by atoms with Gasteiger partial charge in [-0.3, -0.25) is 14.6 Å². The van der Waals surface area contributed by atoms with E-state index in [2.05, 4.69) is 11.6 Å². The van der Waals surface area contributed by atoms with Crippen molar-refractivity contribution < 1.29 is 9.59 Å². The highest BCUT2D eigenvalue weighted by Gasteiger charge is 2.35. The summed E-state index contributed by atoms with van der Waals surface area (Å²) in [6.07, 6.45) is 5.14. The molecule has 1 saturated heterocycles. The number of hydrogen-bond donors (Lipinski definition) is 0. The number of likely N-dealkylation sites (tertiary alicyclic amines) is 1. The van der Waals surface area contributed by atoms with E-state index < -0.39 is 5.92 Å². The summed E-state index contributed by atoms with van der Waals surface area (Å²) in [5.74, 6) is -0.839. The van der Waals surface area contributed by atoms with Gasteiger partial charge in [0.2, 0.25) is 5.91 Å². The lowest BCUT2D eigenvalue weighted by Crippen LogP contribution is -2.26. The minimum absolute atomic E-state index is 0.128. The van der Waals surface area contributed by atoms with Gasteiger partial charge >= 0.3 is 0 Å². The van der Waals surface area contributed by atoms with Gasteiger partial charge in [0.05, 0.1) is 0 Å². The standard InChI is InChI=1S/C12H12N2O2/c1-2-14-8-5-10(12(14)16)11(15)9-3-6-13-7-4-9/h2-4,6-7,10H,1,5,8H2/t10-/m0/s1. The first-order chi connectivity index (χ1) is 7.74. The third-order valence-electron chi connectivity index (χ3n) is 2.74. The SMILES string of the molecule is C=CN1CC[C@@H](C(=O)c2ccncc2)C1=O. The molecule has 1 amide bonds. The van der Waals surface area contributed by atoms with Crippen LogP contribution in [0.15, 0.2) is 37.3 Å². The molecule has 16 heavy (non-hydrogen) atoms. The molecule has 4 nitrogen and oxygen atoms in total. The van der Waals surface area contributed by atoms with E-state index >= 15 is 0 Å². The first-order valence-corrected chi connectivity index (χ1v) is 5.11. The van der Waals surface area contributed by atoms with Gasteiger partial charge in [-0.2, -0.15) is 0 Å². The van der Waals surface area contributed by atoms with Crippen LogP contribution < -0.4 is 0 Å². The fourth-order valence-corrected chi connectivity index (χ4v) is 1.84. The molecule has 1 atom stereocenters. The van der Waals surface area contributed by atoms with Crippen LogP contribution in [-0.4, -0.2) is 28.1 Å². The fourth-order valence-electron chi connectivity index (χ4n) is 1.84. The number of Topliss-reactive ketones (excluding diaryl/α,β-unsaturated/α-hetero) is 1. The Balaban J connectivity index is 2.19. The van der Waals surface area contributed by atoms with E-state index in [-0.39, 0.29) is 11.7 Å². The molecule has 0 bridgehead atoms. The smallest absolute Gasteiger partial charge is 0.237 e. The van der Waals surface area contributed by atoms with Crippen molar-refractivity contribution in [1.82, 2.24) is 9.88 Å². The van der Waals surface area contributed by atoms with E-state index in [0.29, 0.717) is 18.5 Å². The molecule has 0 N–H and O–H groups in total. The molecule has 0 unspecified atom stereocenters. The summed E-state index contributed by atoms with van der Waals surface area (Å²) < 4.78 is 0. The second-order valence-corrected chi connectivity index (χ2v) is 3.66. The van der Waals surface area contributed by atoms with Crippen LogP contribution in [0.2, 0.25) is 0 Å². The Morgan fingerprint density at radius 3 is 2.75 bits per heavy atom. The summed E-state index contributed by atoms with van der Waals surface area (Å²) in [5.41, 5.74) is 0.541.